The zero-order valence-electron chi connectivity index (χ0n) is 8.82. The molecular weight excluding hydrogens is 208 g/mol. The molecule has 0 spiro atoms. The lowest BCUT2D eigenvalue weighted by Crippen LogP contribution is -2.29. The van der Waals surface area contributed by atoms with Gasteiger partial charge in [0.1, 0.15) is 0 Å². The van der Waals surface area contributed by atoms with Crippen molar-refractivity contribution in [3.63, 3.8) is 0 Å². The predicted molar refractivity (Wildman–Crippen MR) is 63.5 cm³/mol. The molecule has 4 heteroatoms. The Morgan fingerprint density at radius 3 is 2.93 bits per heavy atom. The van der Waals surface area contributed by atoms with E-state index in [0.29, 0.717) is 0 Å². The third-order valence-corrected chi connectivity index (χ3v) is 4.42. The summed E-state index contributed by atoms with van der Waals surface area (Å²) in [6, 6.07) is 2.19. The molecule has 2 rings (SSSR count). The van der Waals surface area contributed by atoms with E-state index in [9.17, 15) is 0 Å². The number of hydrogen-bond donors (Lipinski definition) is 2. The van der Waals surface area contributed by atoms with Crippen LogP contribution >= 0.6 is 11.8 Å². The van der Waals surface area contributed by atoms with Crippen LogP contribution in [0.5, 0.6) is 0 Å². The maximum Gasteiger partial charge on any atom is 0.0951 e. The first-order chi connectivity index (χ1) is 7.40. The molecule has 1 aliphatic rings. The molecule has 1 fully saturated rings. The van der Waals surface area contributed by atoms with Gasteiger partial charge in [-0.15, -0.1) is 0 Å². The van der Waals surface area contributed by atoms with Crippen LogP contribution in [0, 0.1) is 0 Å². The molecule has 1 atom stereocenters. The highest BCUT2D eigenvalue weighted by molar-refractivity contribution is 7.99. The molecular formula is C11H18N2OS. The molecule has 1 saturated carbocycles. The summed E-state index contributed by atoms with van der Waals surface area (Å²) in [6.07, 6.45) is 8.98. The van der Waals surface area contributed by atoms with Gasteiger partial charge in [-0.3, -0.25) is 11.3 Å². The molecule has 3 nitrogen and oxygen atoms in total. The first-order valence-corrected chi connectivity index (χ1v) is 6.55. The lowest BCUT2D eigenvalue weighted by Gasteiger charge is -2.16. The average Bonchev–Trinajstić information content (AvgIpc) is 2.90. The second kappa shape index (κ2) is 5.58. The van der Waals surface area contributed by atoms with Gasteiger partial charge in [0, 0.05) is 16.6 Å². The highest BCUT2D eigenvalue weighted by atomic mass is 32.2. The zero-order chi connectivity index (χ0) is 10.5. The van der Waals surface area contributed by atoms with E-state index in [4.69, 9.17) is 10.3 Å². The number of rotatable bonds is 5. The van der Waals surface area contributed by atoms with Gasteiger partial charge in [-0.1, -0.05) is 12.8 Å². The Morgan fingerprint density at radius 2 is 2.33 bits per heavy atom. The van der Waals surface area contributed by atoms with E-state index < -0.39 is 0 Å². The minimum Gasteiger partial charge on any atom is -0.472 e. The molecule has 15 heavy (non-hydrogen) atoms. The quantitative estimate of drug-likeness (QED) is 0.598. The van der Waals surface area contributed by atoms with Crippen LogP contribution in [-0.4, -0.2) is 11.0 Å². The number of nitrogens with two attached hydrogens (primary N) is 1. The van der Waals surface area contributed by atoms with Crippen LogP contribution in [0.15, 0.2) is 23.0 Å². The third-order valence-electron chi connectivity index (χ3n) is 2.95. The first-order valence-electron chi connectivity index (χ1n) is 5.50. The fraction of sp³-hybridized carbons (Fsp3) is 0.636. The summed E-state index contributed by atoms with van der Waals surface area (Å²) in [5, 5.41) is 0.841. The fourth-order valence-electron chi connectivity index (χ4n) is 2.00. The van der Waals surface area contributed by atoms with E-state index in [2.05, 4.69) is 5.43 Å². The van der Waals surface area contributed by atoms with Crippen molar-refractivity contribution in [2.45, 2.75) is 37.0 Å². The molecule has 0 radical (unpaired) electrons. The van der Waals surface area contributed by atoms with Crippen molar-refractivity contribution in [1.82, 2.24) is 5.43 Å². The van der Waals surface area contributed by atoms with Gasteiger partial charge in [-0.25, -0.2) is 0 Å². The highest BCUT2D eigenvalue weighted by Gasteiger charge is 2.18. The number of nitrogens with one attached hydrogen (secondary N) is 1. The van der Waals surface area contributed by atoms with E-state index in [1.54, 1.807) is 12.5 Å². The topological polar surface area (TPSA) is 51.2 Å². The van der Waals surface area contributed by atoms with Crippen molar-refractivity contribution < 1.29 is 4.42 Å². The molecule has 1 heterocycles. The molecule has 1 aromatic rings. The van der Waals surface area contributed by atoms with Gasteiger partial charge in [0.15, 0.2) is 0 Å². The van der Waals surface area contributed by atoms with Gasteiger partial charge < -0.3 is 4.42 Å². The van der Waals surface area contributed by atoms with Crippen LogP contribution in [0.2, 0.25) is 0 Å². The summed E-state index contributed by atoms with van der Waals surface area (Å²) in [5.74, 6) is 6.57. The monoisotopic (exact) mass is 226 g/mol. The van der Waals surface area contributed by atoms with E-state index in [-0.39, 0.29) is 6.04 Å². The van der Waals surface area contributed by atoms with E-state index >= 15 is 0 Å². The maximum absolute atomic E-state index is 5.54. The van der Waals surface area contributed by atoms with Crippen molar-refractivity contribution in [2.24, 2.45) is 5.84 Å². The van der Waals surface area contributed by atoms with Crippen molar-refractivity contribution >= 4 is 11.8 Å². The summed E-state index contributed by atoms with van der Waals surface area (Å²) in [5.41, 5.74) is 3.99. The second-order valence-electron chi connectivity index (χ2n) is 4.02. The number of thioether (sulfide) groups is 1. The van der Waals surface area contributed by atoms with Crippen LogP contribution in [0.1, 0.15) is 37.3 Å². The van der Waals surface area contributed by atoms with Crippen LogP contribution in [0.4, 0.5) is 0 Å². The van der Waals surface area contributed by atoms with E-state index in [0.717, 1.165) is 16.6 Å². The van der Waals surface area contributed by atoms with Gasteiger partial charge in [-0.05, 0) is 18.9 Å². The summed E-state index contributed by atoms with van der Waals surface area (Å²) in [6.45, 7) is 0. The first kappa shape index (κ1) is 11.0. The number of furan rings is 1. The molecule has 3 N–H and O–H groups in total. The highest BCUT2D eigenvalue weighted by Crippen LogP contribution is 2.31. The fourth-order valence-corrected chi connectivity index (χ4v) is 3.42. The standard InChI is InChI=1S/C11H18N2OS/c12-13-11(9-5-6-14-7-9)8-15-10-3-1-2-4-10/h5-7,10-11,13H,1-4,8,12H2. The SMILES string of the molecule is NNC(CSC1CCCC1)c1ccoc1. The molecule has 0 aromatic carbocycles. The molecule has 1 unspecified atom stereocenters. The molecule has 0 saturated heterocycles. The summed E-state index contributed by atoms with van der Waals surface area (Å²) >= 11 is 2.03. The van der Waals surface area contributed by atoms with Crippen molar-refractivity contribution in [3.05, 3.63) is 24.2 Å². The Balaban J connectivity index is 1.80. The van der Waals surface area contributed by atoms with Gasteiger partial charge in [-0.2, -0.15) is 11.8 Å². The molecule has 1 aliphatic carbocycles. The molecule has 0 amide bonds. The second-order valence-corrected chi connectivity index (χ2v) is 5.35. The number of hydrazine groups is 1. The summed E-state index contributed by atoms with van der Waals surface area (Å²) in [4.78, 5) is 0. The largest absolute Gasteiger partial charge is 0.472 e. The lowest BCUT2D eigenvalue weighted by atomic mass is 10.2. The molecule has 0 aliphatic heterocycles. The minimum atomic E-state index is 0.217. The van der Waals surface area contributed by atoms with Gasteiger partial charge in [0.05, 0.1) is 18.6 Å². The van der Waals surface area contributed by atoms with Crippen molar-refractivity contribution in [1.29, 1.82) is 0 Å². The van der Waals surface area contributed by atoms with Crippen molar-refractivity contribution in [2.75, 3.05) is 5.75 Å². The Hall–Kier alpha value is -0.450. The summed E-state index contributed by atoms with van der Waals surface area (Å²) < 4.78 is 5.06. The van der Waals surface area contributed by atoms with Crippen LogP contribution in [0.25, 0.3) is 0 Å². The van der Waals surface area contributed by atoms with Gasteiger partial charge in [0.2, 0.25) is 0 Å². The van der Waals surface area contributed by atoms with Crippen LogP contribution in [0.3, 0.4) is 0 Å². The van der Waals surface area contributed by atoms with Crippen molar-refractivity contribution in [3.8, 4) is 0 Å². The van der Waals surface area contributed by atoms with E-state index in [1.807, 2.05) is 17.8 Å². The Kier molecular flexibility index (Phi) is 4.11. The third kappa shape index (κ3) is 3.00. The lowest BCUT2D eigenvalue weighted by molar-refractivity contribution is 0.548. The normalized spacial score (nSPS) is 19.5. The van der Waals surface area contributed by atoms with E-state index in [1.165, 1.54) is 25.7 Å². The Morgan fingerprint density at radius 1 is 1.53 bits per heavy atom. The zero-order valence-corrected chi connectivity index (χ0v) is 9.63. The Labute approximate surface area is 94.8 Å². The maximum atomic E-state index is 5.54. The minimum absolute atomic E-state index is 0.217. The predicted octanol–water partition coefficient (Wildman–Crippen LogP) is 2.46. The van der Waals surface area contributed by atoms with Gasteiger partial charge in [0.25, 0.3) is 0 Å². The van der Waals surface area contributed by atoms with Gasteiger partial charge >= 0.3 is 0 Å². The van der Waals surface area contributed by atoms with Crippen LogP contribution in [-0.2, 0) is 0 Å². The van der Waals surface area contributed by atoms with Crippen LogP contribution < -0.4 is 11.3 Å². The molecule has 1 aromatic heterocycles. The molecule has 84 valence electrons. The number of hydrogen-bond acceptors (Lipinski definition) is 4. The smallest absolute Gasteiger partial charge is 0.0951 e. The summed E-state index contributed by atoms with van der Waals surface area (Å²) in [7, 11) is 0. The molecule has 0 bridgehead atoms. The average molecular weight is 226 g/mol. The Bertz CT molecular complexity index is 270.